The van der Waals surface area contributed by atoms with E-state index in [2.05, 4.69) is 30.4 Å². The van der Waals surface area contributed by atoms with Gasteiger partial charge in [-0.2, -0.15) is 5.26 Å². The minimum atomic E-state index is -0.399. The van der Waals surface area contributed by atoms with Crippen LogP contribution < -0.4 is 5.32 Å². The Hall–Kier alpha value is -1.33. The van der Waals surface area contributed by atoms with Crippen LogP contribution in [0.15, 0.2) is 30.3 Å². The first-order valence-corrected chi connectivity index (χ1v) is 6.90. The van der Waals surface area contributed by atoms with Crippen LogP contribution in [0.25, 0.3) is 0 Å². The van der Waals surface area contributed by atoms with E-state index in [1.807, 2.05) is 25.1 Å². The maximum absolute atomic E-state index is 9.31. The van der Waals surface area contributed by atoms with Crippen LogP contribution in [0.4, 0.5) is 0 Å². The lowest BCUT2D eigenvalue weighted by Crippen LogP contribution is -2.40. The molecule has 0 aromatic heterocycles. The first-order chi connectivity index (χ1) is 8.70. The average Bonchev–Trinajstić information content (AvgIpc) is 2.43. The van der Waals surface area contributed by atoms with Crippen molar-refractivity contribution in [2.24, 2.45) is 0 Å². The number of unbranched alkanes of at least 4 members (excludes halogenated alkanes) is 3. The standard InChI is InChI=1S/C16H24N2/c1-3-4-5-9-12-16(2,14-17)18-13-15-10-7-6-8-11-15/h6-8,10-11,18H,3-5,9,12-13H2,1-2H3. The number of benzene rings is 1. The zero-order valence-electron chi connectivity index (χ0n) is 11.6. The lowest BCUT2D eigenvalue weighted by Gasteiger charge is -2.23. The van der Waals surface area contributed by atoms with E-state index in [0.29, 0.717) is 0 Å². The summed E-state index contributed by atoms with van der Waals surface area (Å²) in [7, 11) is 0. The first kappa shape index (κ1) is 14.7. The van der Waals surface area contributed by atoms with Crippen molar-refractivity contribution in [2.45, 2.75) is 58.0 Å². The van der Waals surface area contributed by atoms with Crippen LogP contribution in [0, 0.1) is 11.3 Å². The number of rotatable bonds is 8. The Balaban J connectivity index is 2.38. The molecule has 1 rings (SSSR count). The highest BCUT2D eigenvalue weighted by atomic mass is 15.0. The molecule has 18 heavy (non-hydrogen) atoms. The van der Waals surface area contributed by atoms with Crippen molar-refractivity contribution in [1.82, 2.24) is 5.32 Å². The third kappa shape index (κ3) is 5.33. The minimum absolute atomic E-state index is 0.399. The van der Waals surface area contributed by atoms with Crippen molar-refractivity contribution in [3.05, 3.63) is 35.9 Å². The topological polar surface area (TPSA) is 35.8 Å². The molecule has 0 bridgehead atoms. The lowest BCUT2D eigenvalue weighted by atomic mass is 9.95. The van der Waals surface area contributed by atoms with E-state index in [4.69, 9.17) is 0 Å². The molecule has 0 spiro atoms. The van der Waals surface area contributed by atoms with E-state index in [0.717, 1.165) is 19.4 Å². The van der Waals surface area contributed by atoms with E-state index in [9.17, 15) is 5.26 Å². The molecule has 1 unspecified atom stereocenters. The van der Waals surface area contributed by atoms with Gasteiger partial charge in [-0.1, -0.05) is 62.9 Å². The summed E-state index contributed by atoms with van der Waals surface area (Å²) in [5.74, 6) is 0. The maximum atomic E-state index is 9.31. The molecule has 2 nitrogen and oxygen atoms in total. The highest BCUT2D eigenvalue weighted by molar-refractivity contribution is 5.15. The number of nitrogens with one attached hydrogen (secondary N) is 1. The fraction of sp³-hybridized carbons (Fsp3) is 0.562. The molecule has 0 aliphatic rings. The third-order valence-electron chi connectivity index (χ3n) is 3.30. The number of hydrogen-bond acceptors (Lipinski definition) is 2. The Bertz CT molecular complexity index is 366. The van der Waals surface area contributed by atoms with Gasteiger partial charge in [-0.05, 0) is 18.9 Å². The fourth-order valence-electron chi connectivity index (χ4n) is 1.98. The Labute approximate surface area is 111 Å². The summed E-state index contributed by atoms with van der Waals surface area (Å²) in [6, 6.07) is 12.7. The SMILES string of the molecule is CCCCCCC(C)(C#N)NCc1ccccc1. The van der Waals surface area contributed by atoms with E-state index >= 15 is 0 Å². The summed E-state index contributed by atoms with van der Waals surface area (Å²) in [6.07, 6.45) is 5.78. The molecular weight excluding hydrogens is 220 g/mol. The van der Waals surface area contributed by atoms with Gasteiger partial charge in [-0.15, -0.1) is 0 Å². The number of nitriles is 1. The van der Waals surface area contributed by atoms with Gasteiger partial charge in [0.2, 0.25) is 0 Å². The van der Waals surface area contributed by atoms with Crippen molar-refractivity contribution in [3.63, 3.8) is 0 Å². The molecule has 0 saturated heterocycles. The summed E-state index contributed by atoms with van der Waals surface area (Å²) in [4.78, 5) is 0. The molecule has 1 aromatic carbocycles. The van der Waals surface area contributed by atoms with Gasteiger partial charge in [-0.3, -0.25) is 5.32 Å². The quantitative estimate of drug-likeness (QED) is 0.701. The summed E-state index contributed by atoms with van der Waals surface area (Å²) >= 11 is 0. The Morgan fingerprint density at radius 1 is 1.17 bits per heavy atom. The number of nitrogens with zero attached hydrogens (tertiary/aromatic N) is 1. The monoisotopic (exact) mass is 244 g/mol. The van der Waals surface area contributed by atoms with Crippen molar-refractivity contribution in [1.29, 1.82) is 5.26 Å². The smallest absolute Gasteiger partial charge is 0.104 e. The molecule has 2 heteroatoms. The summed E-state index contributed by atoms with van der Waals surface area (Å²) in [5.41, 5.74) is 0.830. The minimum Gasteiger partial charge on any atom is -0.296 e. The van der Waals surface area contributed by atoms with E-state index in [1.54, 1.807) is 0 Å². The van der Waals surface area contributed by atoms with Crippen molar-refractivity contribution in [2.75, 3.05) is 0 Å². The van der Waals surface area contributed by atoms with Crippen LogP contribution in [0.2, 0.25) is 0 Å². The molecule has 1 N–H and O–H groups in total. The second-order valence-electron chi connectivity index (χ2n) is 5.09. The molecule has 0 heterocycles. The Morgan fingerprint density at radius 3 is 2.50 bits per heavy atom. The van der Waals surface area contributed by atoms with Crippen LogP contribution in [-0.4, -0.2) is 5.54 Å². The van der Waals surface area contributed by atoms with E-state index in [-0.39, 0.29) is 0 Å². The van der Waals surface area contributed by atoms with Gasteiger partial charge < -0.3 is 0 Å². The lowest BCUT2D eigenvalue weighted by molar-refractivity contribution is 0.397. The van der Waals surface area contributed by atoms with Crippen molar-refractivity contribution in [3.8, 4) is 6.07 Å². The summed E-state index contributed by atoms with van der Waals surface area (Å²) in [6.45, 7) is 4.97. The molecule has 0 fully saturated rings. The van der Waals surface area contributed by atoms with Crippen LogP contribution in [0.1, 0.15) is 51.5 Å². The van der Waals surface area contributed by atoms with Gasteiger partial charge in [0, 0.05) is 6.54 Å². The zero-order valence-corrected chi connectivity index (χ0v) is 11.6. The molecule has 98 valence electrons. The van der Waals surface area contributed by atoms with Gasteiger partial charge in [0.05, 0.1) is 6.07 Å². The molecule has 0 saturated carbocycles. The van der Waals surface area contributed by atoms with E-state index < -0.39 is 5.54 Å². The van der Waals surface area contributed by atoms with Crippen LogP contribution in [0.5, 0.6) is 0 Å². The van der Waals surface area contributed by atoms with Gasteiger partial charge >= 0.3 is 0 Å². The second kappa shape index (κ2) is 7.89. The highest BCUT2D eigenvalue weighted by Crippen LogP contribution is 2.15. The fourth-order valence-corrected chi connectivity index (χ4v) is 1.98. The van der Waals surface area contributed by atoms with Gasteiger partial charge in [-0.25, -0.2) is 0 Å². The molecule has 1 atom stereocenters. The second-order valence-corrected chi connectivity index (χ2v) is 5.09. The zero-order chi connectivity index (χ0) is 13.3. The van der Waals surface area contributed by atoms with Crippen LogP contribution >= 0.6 is 0 Å². The molecule has 0 aliphatic carbocycles. The normalized spacial score (nSPS) is 13.8. The highest BCUT2D eigenvalue weighted by Gasteiger charge is 2.21. The van der Waals surface area contributed by atoms with Crippen molar-refractivity contribution >= 4 is 0 Å². The molecule has 0 aliphatic heterocycles. The molecule has 1 aromatic rings. The van der Waals surface area contributed by atoms with E-state index in [1.165, 1.54) is 24.8 Å². The van der Waals surface area contributed by atoms with Crippen molar-refractivity contribution < 1.29 is 0 Å². The number of hydrogen-bond donors (Lipinski definition) is 1. The first-order valence-electron chi connectivity index (χ1n) is 6.90. The largest absolute Gasteiger partial charge is 0.296 e. The molecule has 0 amide bonds. The average molecular weight is 244 g/mol. The summed E-state index contributed by atoms with van der Waals surface area (Å²) < 4.78 is 0. The van der Waals surface area contributed by atoms with Gasteiger partial charge in [0.15, 0.2) is 0 Å². The summed E-state index contributed by atoms with van der Waals surface area (Å²) in [5, 5.41) is 12.7. The van der Waals surface area contributed by atoms with Crippen LogP contribution in [0.3, 0.4) is 0 Å². The Kier molecular flexibility index (Phi) is 6.46. The third-order valence-corrected chi connectivity index (χ3v) is 3.30. The Morgan fingerprint density at radius 2 is 1.89 bits per heavy atom. The van der Waals surface area contributed by atoms with Gasteiger partial charge in [0.25, 0.3) is 0 Å². The van der Waals surface area contributed by atoms with Gasteiger partial charge in [0.1, 0.15) is 5.54 Å². The predicted octanol–water partition coefficient (Wildman–Crippen LogP) is 4.03. The molecule has 0 radical (unpaired) electrons. The predicted molar refractivity (Wildman–Crippen MR) is 76.1 cm³/mol. The maximum Gasteiger partial charge on any atom is 0.104 e. The van der Waals surface area contributed by atoms with Crippen LogP contribution in [-0.2, 0) is 6.54 Å². The molecular formula is C16H24N2.